The lowest BCUT2D eigenvalue weighted by Gasteiger charge is -2.27. The second kappa shape index (κ2) is 9.86. The van der Waals surface area contributed by atoms with Crippen molar-refractivity contribution in [2.75, 3.05) is 39.4 Å². The zero-order chi connectivity index (χ0) is 15.1. The highest BCUT2D eigenvalue weighted by Gasteiger charge is 2.11. The normalized spacial score (nSPS) is 15.1. The summed E-state index contributed by atoms with van der Waals surface area (Å²) in [6.07, 6.45) is 0. The summed E-state index contributed by atoms with van der Waals surface area (Å²) in [6.45, 7) is 3.74. The van der Waals surface area contributed by atoms with E-state index in [0.29, 0.717) is 42.8 Å². The van der Waals surface area contributed by atoms with Crippen molar-refractivity contribution in [3.05, 3.63) is 34.9 Å². The molecule has 1 heterocycles. The van der Waals surface area contributed by atoms with Crippen LogP contribution in [-0.2, 0) is 4.74 Å². The number of nitrogens with two attached hydrogens (primary N) is 1. The van der Waals surface area contributed by atoms with Gasteiger partial charge in [0.2, 0.25) is 0 Å². The number of rotatable bonds is 4. The monoisotopic (exact) mass is 438 g/mol. The zero-order valence-electron chi connectivity index (χ0n) is 12.1. The van der Waals surface area contributed by atoms with Crippen LogP contribution in [0.1, 0.15) is 10.4 Å². The molecule has 1 aliphatic rings. The minimum absolute atomic E-state index is 0. The lowest BCUT2D eigenvalue weighted by atomic mass is 10.2. The molecule has 0 atom stereocenters. The van der Waals surface area contributed by atoms with Crippen molar-refractivity contribution in [2.45, 2.75) is 0 Å². The van der Waals surface area contributed by atoms with Crippen LogP contribution >= 0.6 is 35.6 Å². The van der Waals surface area contributed by atoms with E-state index in [0.717, 1.165) is 13.1 Å². The van der Waals surface area contributed by atoms with Crippen LogP contribution in [0.15, 0.2) is 29.3 Å². The first kappa shape index (κ1) is 19.0. The summed E-state index contributed by atoms with van der Waals surface area (Å²) < 4.78 is 5.25. The van der Waals surface area contributed by atoms with Crippen LogP contribution in [-0.4, -0.2) is 56.2 Å². The molecule has 6 nitrogen and oxygen atoms in total. The number of benzene rings is 1. The summed E-state index contributed by atoms with van der Waals surface area (Å²) in [5.74, 6) is 0.353. The summed E-state index contributed by atoms with van der Waals surface area (Å²) in [7, 11) is 0. The van der Waals surface area contributed by atoms with E-state index in [-0.39, 0.29) is 29.9 Å². The smallest absolute Gasteiger partial charge is 0.251 e. The van der Waals surface area contributed by atoms with Gasteiger partial charge in [0.1, 0.15) is 0 Å². The molecule has 0 aromatic heterocycles. The van der Waals surface area contributed by atoms with E-state index >= 15 is 0 Å². The molecular weight excluding hydrogens is 419 g/mol. The number of guanidine groups is 1. The van der Waals surface area contributed by atoms with E-state index in [1.165, 1.54) is 0 Å². The summed E-state index contributed by atoms with van der Waals surface area (Å²) in [6, 6.07) is 6.74. The minimum Gasteiger partial charge on any atom is -0.378 e. The van der Waals surface area contributed by atoms with E-state index in [1.807, 2.05) is 4.90 Å². The molecule has 1 saturated heterocycles. The average Bonchev–Trinajstić information content (AvgIpc) is 2.52. The van der Waals surface area contributed by atoms with E-state index < -0.39 is 0 Å². The van der Waals surface area contributed by atoms with Gasteiger partial charge in [-0.3, -0.25) is 9.79 Å². The van der Waals surface area contributed by atoms with Gasteiger partial charge in [0.15, 0.2) is 5.96 Å². The molecule has 1 fully saturated rings. The molecule has 0 spiro atoms. The lowest BCUT2D eigenvalue weighted by molar-refractivity contribution is 0.0674. The fraction of sp³-hybridized carbons (Fsp3) is 0.429. The molecule has 1 aromatic carbocycles. The zero-order valence-corrected chi connectivity index (χ0v) is 15.2. The number of morpholine rings is 1. The number of halogens is 2. The predicted octanol–water partition coefficient (Wildman–Crippen LogP) is 1.33. The Kier molecular flexibility index (Phi) is 8.51. The third-order valence-corrected chi connectivity index (χ3v) is 3.36. The first-order chi connectivity index (χ1) is 10.2. The molecule has 1 aliphatic heterocycles. The third-order valence-electron chi connectivity index (χ3n) is 3.11. The first-order valence-corrected chi connectivity index (χ1v) is 7.21. The fourth-order valence-corrected chi connectivity index (χ4v) is 2.06. The van der Waals surface area contributed by atoms with Gasteiger partial charge in [-0.15, -0.1) is 24.0 Å². The number of carbonyl (C=O) groups excluding carboxylic acids is 1. The Morgan fingerprint density at radius 2 is 1.95 bits per heavy atom. The van der Waals surface area contributed by atoms with Crippen molar-refractivity contribution in [3.8, 4) is 0 Å². The number of hydrogen-bond donors (Lipinski definition) is 2. The van der Waals surface area contributed by atoms with E-state index in [9.17, 15) is 4.79 Å². The summed E-state index contributed by atoms with van der Waals surface area (Å²) in [4.78, 5) is 18.1. The third kappa shape index (κ3) is 5.98. The van der Waals surface area contributed by atoms with Gasteiger partial charge < -0.3 is 20.7 Å². The maximum absolute atomic E-state index is 11.8. The molecule has 0 aliphatic carbocycles. The van der Waals surface area contributed by atoms with E-state index in [2.05, 4.69) is 10.3 Å². The van der Waals surface area contributed by atoms with E-state index in [1.54, 1.807) is 24.3 Å². The maximum atomic E-state index is 11.8. The van der Waals surface area contributed by atoms with Crippen molar-refractivity contribution >= 4 is 47.4 Å². The number of hydrogen-bond acceptors (Lipinski definition) is 3. The number of carbonyl (C=O) groups is 1. The van der Waals surface area contributed by atoms with Crippen LogP contribution in [0.5, 0.6) is 0 Å². The Morgan fingerprint density at radius 3 is 2.59 bits per heavy atom. The van der Waals surface area contributed by atoms with Crippen LogP contribution in [0.3, 0.4) is 0 Å². The Labute approximate surface area is 152 Å². The molecule has 0 unspecified atom stereocenters. The molecule has 1 aromatic rings. The molecule has 1 amide bonds. The highest BCUT2D eigenvalue weighted by Crippen LogP contribution is 2.09. The van der Waals surface area contributed by atoms with Crippen molar-refractivity contribution in [1.82, 2.24) is 10.2 Å². The highest BCUT2D eigenvalue weighted by molar-refractivity contribution is 14.0. The van der Waals surface area contributed by atoms with Gasteiger partial charge in [0.25, 0.3) is 5.91 Å². The topological polar surface area (TPSA) is 79.9 Å². The van der Waals surface area contributed by atoms with Gasteiger partial charge in [-0.2, -0.15) is 0 Å². The molecule has 0 saturated carbocycles. The van der Waals surface area contributed by atoms with Crippen LogP contribution in [0.2, 0.25) is 5.02 Å². The molecular formula is C14H20ClIN4O2. The van der Waals surface area contributed by atoms with Gasteiger partial charge in [0, 0.05) is 30.2 Å². The van der Waals surface area contributed by atoms with Crippen LogP contribution in [0, 0.1) is 0 Å². The van der Waals surface area contributed by atoms with Crippen molar-refractivity contribution < 1.29 is 9.53 Å². The Hall–Kier alpha value is -1.06. The predicted molar refractivity (Wildman–Crippen MR) is 98.1 cm³/mol. The van der Waals surface area contributed by atoms with Gasteiger partial charge >= 0.3 is 0 Å². The largest absolute Gasteiger partial charge is 0.378 e. The van der Waals surface area contributed by atoms with Crippen LogP contribution in [0.4, 0.5) is 0 Å². The average molecular weight is 439 g/mol. The molecule has 2 rings (SSSR count). The number of nitrogens with zero attached hydrogens (tertiary/aromatic N) is 2. The SMILES string of the molecule is I.NC(=NCCNC(=O)c1ccc(Cl)cc1)N1CCOCC1. The first-order valence-electron chi connectivity index (χ1n) is 6.83. The van der Waals surface area contributed by atoms with Crippen molar-refractivity contribution in [2.24, 2.45) is 10.7 Å². The van der Waals surface area contributed by atoms with Crippen molar-refractivity contribution in [1.29, 1.82) is 0 Å². The number of nitrogens with one attached hydrogen (secondary N) is 1. The van der Waals surface area contributed by atoms with Gasteiger partial charge in [0.05, 0.1) is 19.8 Å². The van der Waals surface area contributed by atoms with Crippen LogP contribution < -0.4 is 11.1 Å². The Morgan fingerprint density at radius 1 is 1.32 bits per heavy atom. The van der Waals surface area contributed by atoms with Gasteiger partial charge in [-0.05, 0) is 24.3 Å². The number of aliphatic imine (C=N–C) groups is 1. The van der Waals surface area contributed by atoms with E-state index in [4.69, 9.17) is 22.1 Å². The molecule has 0 bridgehead atoms. The second-order valence-corrected chi connectivity index (χ2v) is 5.04. The van der Waals surface area contributed by atoms with Gasteiger partial charge in [-0.1, -0.05) is 11.6 Å². The summed E-state index contributed by atoms with van der Waals surface area (Å²) >= 11 is 5.77. The number of amides is 1. The molecule has 122 valence electrons. The van der Waals surface area contributed by atoms with Gasteiger partial charge in [-0.25, -0.2) is 0 Å². The van der Waals surface area contributed by atoms with Crippen LogP contribution in [0.25, 0.3) is 0 Å². The van der Waals surface area contributed by atoms with Crippen molar-refractivity contribution in [3.63, 3.8) is 0 Å². The summed E-state index contributed by atoms with van der Waals surface area (Å²) in [5, 5.41) is 3.39. The lowest BCUT2D eigenvalue weighted by Crippen LogP contribution is -2.45. The minimum atomic E-state index is -0.146. The molecule has 8 heteroatoms. The molecule has 0 radical (unpaired) electrons. The quantitative estimate of drug-likeness (QED) is 0.322. The summed E-state index contributed by atoms with van der Waals surface area (Å²) in [5.41, 5.74) is 6.46. The maximum Gasteiger partial charge on any atom is 0.251 e. The standard InChI is InChI=1S/C14H19ClN4O2.HI/c15-12-3-1-11(2-4-12)13(20)17-5-6-18-14(16)19-7-9-21-10-8-19;/h1-4H,5-10H2,(H2,16,18)(H,17,20);1H. The number of ether oxygens (including phenoxy) is 1. The second-order valence-electron chi connectivity index (χ2n) is 4.60. The molecule has 3 N–H and O–H groups in total. The Balaban J connectivity index is 0.00000242. The Bertz CT molecular complexity index is 504. The molecule has 22 heavy (non-hydrogen) atoms. The highest BCUT2D eigenvalue weighted by atomic mass is 127. The fourth-order valence-electron chi connectivity index (χ4n) is 1.94.